The van der Waals surface area contributed by atoms with Gasteiger partial charge in [0.1, 0.15) is 6.61 Å². The molecule has 3 N–H and O–H groups in total. The number of nitrogens with one attached hydrogen (secondary N) is 1. The number of hydrogen-bond acceptors (Lipinski definition) is 4. The summed E-state index contributed by atoms with van der Waals surface area (Å²) in [6.45, 7) is 0.619. The molecule has 1 aromatic heterocycles. The summed E-state index contributed by atoms with van der Waals surface area (Å²) in [6.07, 6.45) is 6.44. The van der Waals surface area contributed by atoms with Crippen LogP contribution in [0.15, 0.2) is 54.9 Å². The molecule has 0 saturated carbocycles. The standard InChI is InChI=1S/C16H17N3O2/c17-15-8-10-18-11-14(15)7-4-9-19-16(20)21-12-13-5-2-1-3-6-13/h1-8,10-11H,9,12H2,(H2,17,18)(H,19,20). The SMILES string of the molecule is Nc1ccncc1C=CCNC(=O)OCc1ccccc1. The second-order valence-corrected chi connectivity index (χ2v) is 4.35. The van der Waals surface area contributed by atoms with Crippen molar-refractivity contribution in [1.29, 1.82) is 0 Å². The van der Waals surface area contributed by atoms with E-state index in [4.69, 9.17) is 10.5 Å². The first kappa shape index (κ1) is 14.6. The quantitative estimate of drug-likeness (QED) is 0.884. The molecule has 2 rings (SSSR count). The van der Waals surface area contributed by atoms with E-state index < -0.39 is 6.09 Å². The van der Waals surface area contributed by atoms with Crippen LogP contribution in [0.1, 0.15) is 11.1 Å². The van der Waals surface area contributed by atoms with Crippen molar-refractivity contribution in [3.05, 3.63) is 66.0 Å². The fraction of sp³-hybridized carbons (Fsp3) is 0.125. The molecular formula is C16H17N3O2. The minimum absolute atomic E-state index is 0.256. The predicted octanol–water partition coefficient (Wildman–Crippen LogP) is 2.60. The molecule has 0 bridgehead atoms. The number of rotatable bonds is 5. The van der Waals surface area contributed by atoms with Gasteiger partial charge in [-0.1, -0.05) is 42.5 Å². The minimum atomic E-state index is -0.456. The number of nitrogens with zero attached hydrogens (tertiary/aromatic N) is 1. The van der Waals surface area contributed by atoms with Gasteiger partial charge in [-0.3, -0.25) is 4.98 Å². The zero-order chi connectivity index (χ0) is 14.9. The maximum atomic E-state index is 11.5. The highest BCUT2D eigenvalue weighted by Crippen LogP contribution is 2.09. The molecule has 0 fully saturated rings. The predicted molar refractivity (Wildman–Crippen MR) is 82.3 cm³/mol. The lowest BCUT2D eigenvalue weighted by Crippen LogP contribution is -2.24. The Kier molecular flexibility index (Phi) is 5.34. The molecule has 0 radical (unpaired) electrons. The van der Waals surface area contributed by atoms with Crippen molar-refractivity contribution < 1.29 is 9.53 Å². The largest absolute Gasteiger partial charge is 0.445 e. The van der Waals surface area contributed by atoms with E-state index >= 15 is 0 Å². The lowest BCUT2D eigenvalue weighted by atomic mass is 10.2. The molecule has 5 heteroatoms. The van der Waals surface area contributed by atoms with Crippen LogP contribution in [-0.2, 0) is 11.3 Å². The Bertz CT molecular complexity index is 612. The third-order valence-electron chi connectivity index (χ3n) is 2.76. The molecule has 0 unspecified atom stereocenters. The topological polar surface area (TPSA) is 77.2 Å². The molecule has 0 saturated heterocycles. The molecule has 0 aliphatic heterocycles. The maximum Gasteiger partial charge on any atom is 0.407 e. The lowest BCUT2D eigenvalue weighted by molar-refractivity contribution is 0.141. The fourth-order valence-corrected chi connectivity index (χ4v) is 1.66. The van der Waals surface area contributed by atoms with Crippen molar-refractivity contribution in [1.82, 2.24) is 10.3 Å². The second-order valence-electron chi connectivity index (χ2n) is 4.35. The van der Waals surface area contributed by atoms with E-state index in [9.17, 15) is 4.79 Å². The molecule has 1 aromatic carbocycles. The summed E-state index contributed by atoms with van der Waals surface area (Å²) in [5.74, 6) is 0. The van der Waals surface area contributed by atoms with E-state index in [1.807, 2.05) is 30.3 Å². The van der Waals surface area contributed by atoms with Crippen LogP contribution in [0.4, 0.5) is 10.5 Å². The summed E-state index contributed by atoms with van der Waals surface area (Å²) in [5, 5.41) is 2.63. The van der Waals surface area contributed by atoms with Crippen molar-refractivity contribution in [2.75, 3.05) is 12.3 Å². The van der Waals surface area contributed by atoms with Gasteiger partial charge in [-0.15, -0.1) is 0 Å². The Morgan fingerprint density at radius 2 is 2.10 bits per heavy atom. The van der Waals surface area contributed by atoms with Gasteiger partial charge in [-0.2, -0.15) is 0 Å². The van der Waals surface area contributed by atoms with E-state index in [0.717, 1.165) is 11.1 Å². The third kappa shape index (κ3) is 4.99. The molecule has 0 aliphatic carbocycles. The van der Waals surface area contributed by atoms with Crippen molar-refractivity contribution in [3.8, 4) is 0 Å². The zero-order valence-electron chi connectivity index (χ0n) is 11.5. The van der Waals surface area contributed by atoms with Crippen molar-refractivity contribution in [2.45, 2.75) is 6.61 Å². The van der Waals surface area contributed by atoms with Crippen LogP contribution >= 0.6 is 0 Å². The summed E-state index contributed by atoms with van der Waals surface area (Å²) in [7, 11) is 0. The number of nitrogens with two attached hydrogens (primary N) is 1. The summed E-state index contributed by atoms with van der Waals surface area (Å²) < 4.78 is 5.08. The highest BCUT2D eigenvalue weighted by molar-refractivity contribution is 5.68. The Labute approximate surface area is 123 Å². The van der Waals surface area contributed by atoms with Gasteiger partial charge in [0, 0.05) is 30.2 Å². The number of benzene rings is 1. The van der Waals surface area contributed by atoms with E-state index in [2.05, 4.69) is 10.3 Å². The number of anilines is 1. The summed E-state index contributed by atoms with van der Waals surface area (Å²) >= 11 is 0. The van der Waals surface area contributed by atoms with Crippen molar-refractivity contribution in [2.24, 2.45) is 0 Å². The van der Waals surface area contributed by atoms with Crippen molar-refractivity contribution >= 4 is 17.9 Å². The first-order valence-corrected chi connectivity index (χ1v) is 6.56. The molecule has 108 valence electrons. The number of pyridine rings is 1. The Morgan fingerprint density at radius 3 is 2.86 bits per heavy atom. The van der Waals surface area contributed by atoms with E-state index in [1.54, 1.807) is 30.6 Å². The van der Waals surface area contributed by atoms with Gasteiger partial charge in [0.2, 0.25) is 0 Å². The Morgan fingerprint density at radius 1 is 1.29 bits per heavy atom. The van der Waals surface area contributed by atoms with Crippen LogP contribution < -0.4 is 11.1 Å². The van der Waals surface area contributed by atoms with Crippen LogP contribution in [0.25, 0.3) is 6.08 Å². The second kappa shape index (κ2) is 7.69. The van der Waals surface area contributed by atoms with Crippen LogP contribution in [-0.4, -0.2) is 17.6 Å². The van der Waals surface area contributed by atoms with Gasteiger partial charge in [0.05, 0.1) is 0 Å². The smallest absolute Gasteiger partial charge is 0.407 e. The summed E-state index contributed by atoms with van der Waals surface area (Å²) in [6, 6.07) is 11.2. The van der Waals surface area contributed by atoms with E-state index in [0.29, 0.717) is 12.2 Å². The van der Waals surface area contributed by atoms with Crippen LogP contribution in [0.3, 0.4) is 0 Å². The number of nitrogen functional groups attached to an aromatic ring is 1. The minimum Gasteiger partial charge on any atom is -0.445 e. The monoisotopic (exact) mass is 283 g/mol. The molecule has 5 nitrogen and oxygen atoms in total. The normalized spacial score (nSPS) is 10.5. The number of carbonyl (C=O) groups excluding carboxylic acids is 1. The molecule has 1 heterocycles. The van der Waals surface area contributed by atoms with Crippen LogP contribution in [0, 0.1) is 0 Å². The first-order chi connectivity index (χ1) is 10.3. The molecule has 21 heavy (non-hydrogen) atoms. The summed E-state index contributed by atoms with van der Waals surface area (Å²) in [5.41, 5.74) is 8.18. The zero-order valence-corrected chi connectivity index (χ0v) is 11.5. The molecule has 0 atom stereocenters. The molecule has 2 aromatic rings. The molecular weight excluding hydrogens is 266 g/mol. The lowest BCUT2D eigenvalue weighted by Gasteiger charge is -2.05. The van der Waals surface area contributed by atoms with Gasteiger partial charge in [-0.25, -0.2) is 4.79 Å². The van der Waals surface area contributed by atoms with Gasteiger partial charge in [0.15, 0.2) is 0 Å². The van der Waals surface area contributed by atoms with Gasteiger partial charge in [0.25, 0.3) is 0 Å². The molecule has 0 spiro atoms. The van der Waals surface area contributed by atoms with Gasteiger partial charge < -0.3 is 15.8 Å². The maximum absolute atomic E-state index is 11.5. The number of hydrogen-bond donors (Lipinski definition) is 2. The van der Waals surface area contributed by atoms with Crippen molar-refractivity contribution in [3.63, 3.8) is 0 Å². The highest BCUT2D eigenvalue weighted by atomic mass is 16.5. The average Bonchev–Trinajstić information content (AvgIpc) is 2.52. The van der Waals surface area contributed by atoms with Crippen LogP contribution in [0.5, 0.6) is 0 Å². The summed E-state index contributed by atoms with van der Waals surface area (Å²) in [4.78, 5) is 15.5. The number of amides is 1. The number of alkyl carbamates (subject to hydrolysis) is 1. The molecule has 0 aliphatic rings. The number of aromatic nitrogens is 1. The number of carbonyl (C=O) groups is 1. The van der Waals surface area contributed by atoms with Crippen LogP contribution in [0.2, 0.25) is 0 Å². The Balaban J connectivity index is 1.71. The highest BCUT2D eigenvalue weighted by Gasteiger charge is 2.00. The van der Waals surface area contributed by atoms with E-state index in [-0.39, 0.29) is 6.61 Å². The first-order valence-electron chi connectivity index (χ1n) is 6.56. The Hall–Kier alpha value is -2.82. The number of ether oxygens (including phenoxy) is 1. The fourth-order valence-electron chi connectivity index (χ4n) is 1.66. The third-order valence-corrected chi connectivity index (χ3v) is 2.76. The average molecular weight is 283 g/mol. The van der Waals surface area contributed by atoms with Gasteiger partial charge in [-0.05, 0) is 11.6 Å². The van der Waals surface area contributed by atoms with Gasteiger partial charge >= 0.3 is 6.09 Å². The van der Waals surface area contributed by atoms with E-state index in [1.165, 1.54) is 0 Å². The molecule has 1 amide bonds.